The average Bonchev–Trinajstić information content (AvgIpc) is 3.51. The molecule has 0 spiro atoms. The molecule has 1 fully saturated rings. The molecule has 5 heteroatoms. The van der Waals surface area contributed by atoms with Crippen LogP contribution >= 0.6 is 0 Å². The first-order chi connectivity index (χ1) is 18.1. The standard InChI is InChI=1S/C32H37N3O2/c1-2-20-33-31(37)32(28-16-8-6-14-26(28)27-15-7-9-17-29(27)32)19-10-11-21-35-22-18-25(23-35)34-30(36)24-12-4-3-5-13-24/h3-9,12-17,25H,2,10-11,18-23H2,1H3,(H,33,37)(H,34,36). The third kappa shape index (κ3) is 5.05. The molecule has 1 saturated heterocycles. The summed E-state index contributed by atoms with van der Waals surface area (Å²) in [6.07, 6.45) is 4.66. The van der Waals surface area contributed by atoms with Gasteiger partial charge in [0.25, 0.3) is 5.91 Å². The quantitative estimate of drug-likeness (QED) is 0.382. The zero-order valence-electron chi connectivity index (χ0n) is 21.7. The summed E-state index contributed by atoms with van der Waals surface area (Å²) in [5.74, 6) is 0.127. The molecule has 1 unspecified atom stereocenters. The molecule has 3 aromatic rings. The SMILES string of the molecule is CCCNC(=O)C1(CCCCN2CCC(NC(=O)c3ccccc3)C2)c2ccccc2-c2ccccc21. The molecule has 1 atom stereocenters. The summed E-state index contributed by atoms with van der Waals surface area (Å²) in [4.78, 5) is 28.8. The second-order valence-corrected chi connectivity index (χ2v) is 10.3. The van der Waals surface area contributed by atoms with Crippen molar-refractivity contribution in [1.82, 2.24) is 15.5 Å². The Morgan fingerprint density at radius 2 is 1.54 bits per heavy atom. The summed E-state index contributed by atoms with van der Waals surface area (Å²) >= 11 is 0. The van der Waals surface area contributed by atoms with E-state index in [0.717, 1.165) is 62.9 Å². The van der Waals surface area contributed by atoms with E-state index in [9.17, 15) is 9.59 Å². The van der Waals surface area contributed by atoms with Crippen LogP contribution in [0, 0.1) is 0 Å². The summed E-state index contributed by atoms with van der Waals surface area (Å²) in [5, 5.41) is 6.42. The van der Waals surface area contributed by atoms with Gasteiger partial charge in [-0.3, -0.25) is 9.59 Å². The van der Waals surface area contributed by atoms with Crippen molar-refractivity contribution < 1.29 is 9.59 Å². The van der Waals surface area contributed by atoms with Crippen LogP contribution in [-0.2, 0) is 10.2 Å². The van der Waals surface area contributed by atoms with Crippen LogP contribution in [0.4, 0.5) is 0 Å². The maximum absolute atomic E-state index is 13.8. The molecule has 1 aliphatic heterocycles. The Morgan fingerprint density at radius 3 is 2.22 bits per heavy atom. The number of nitrogens with zero attached hydrogens (tertiary/aromatic N) is 1. The van der Waals surface area contributed by atoms with Gasteiger partial charge in [0.2, 0.25) is 5.91 Å². The van der Waals surface area contributed by atoms with Gasteiger partial charge in [0.15, 0.2) is 0 Å². The van der Waals surface area contributed by atoms with Gasteiger partial charge in [-0.1, -0.05) is 80.1 Å². The Bertz CT molecular complexity index is 1190. The topological polar surface area (TPSA) is 61.4 Å². The zero-order chi connectivity index (χ0) is 25.7. The van der Waals surface area contributed by atoms with Crippen LogP contribution in [0.3, 0.4) is 0 Å². The highest BCUT2D eigenvalue weighted by Crippen LogP contribution is 2.51. The van der Waals surface area contributed by atoms with E-state index in [1.165, 1.54) is 11.1 Å². The summed E-state index contributed by atoms with van der Waals surface area (Å²) in [5.41, 5.74) is 4.70. The second kappa shape index (κ2) is 11.3. The summed E-state index contributed by atoms with van der Waals surface area (Å²) < 4.78 is 0. The van der Waals surface area contributed by atoms with Crippen LogP contribution in [-0.4, -0.2) is 48.9 Å². The summed E-state index contributed by atoms with van der Waals surface area (Å²) in [6.45, 7) is 5.64. The fourth-order valence-electron chi connectivity index (χ4n) is 6.08. The maximum Gasteiger partial charge on any atom is 0.251 e. The van der Waals surface area contributed by atoms with Crippen LogP contribution in [0.2, 0.25) is 0 Å². The van der Waals surface area contributed by atoms with E-state index in [4.69, 9.17) is 0 Å². The van der Waals surface area contributed by atoms with Gasteiger partial charge in [0.05, 0.1) is 0 Å². The number of likely N-dealkylation sites (tertiary alicyclic amines) is 1. The predicted molar refractivity (Wildman–Crippen MR) is 149 cm³/mol. The number of benzene rings is 3. The zero-order valence-corrected chi connectivity index (χ0v) is 21.7. The van der Waals surface area contributed by atoms with Crippen molar-refractivity contribution in [2.45, 2.75) is 50.5 Å². The highest BCUT2D eigenvalue weighted by molar-refractivity contribution is 6.00. The first-order valence-electron chi connectivity index (χ1n) is 13.7. The van der Waals surface area contributed by atoms with E-state index in [-0.39, 0.29) is 17.9 Å². The lowest BCUT2D eigenvalue weighted by Gasteiger charge is -2.31. The van der Waals surface area contributed by atoms with Crippen LogP contribution in [0.15, 0.2) is 78.9 Å². The molecule has 3 aromatic carbocycles. The van der Waals surface area contributed by atoms with Crippen LogP contribution in [0.25, 0.3) is 11.1 Å². The molecule has 37 heavy (non-hydrogen) atoms. The molecule has 1 heterocycles. The molecule has 0 aromatic heterocycles. The Morgan fingerprint density at radius 1 is 0.892 bits per heavy atom. The van der Waals surface area contributed by atoms with E-state index in [1.807, 2.05) is 30.3 Å². The Kier molecular flexibility index (Phi) is 7.71. The Labute approximate surface area is 220 Å². The molecule has 2 aliphatic rings. The van der Waals surface area contributed by atoms with Gasteiger partial charge in [-0.25, -0.2) is 0 Å². The monoisotopic (exact) mass is 495 g/mol. The fourth-order valence-corrected chi connectivity index (χ4v) is 6.08. The minimum absolute atomic E-state index is 0.00560. The van der Waals surface area contributed by atoms with Crippen molar-refractivity contribution in [1.29, 1.82) is 0 Å². The third-order valence-electron chi connectivity index (χ3n) is 7.91. The molecule has 5 nitrogen and oxygen atoms in total. The number of fused-ring (bicyclic) bond motifs is 3. The minimum Gasteiger partial charge on any atom is -0.355 e. The fraction of sp³-hybridized carbons (Fsp3) is 0.375. The van der Waals surface area contributed by atoms with Gasteiger partial charge >= 0.3 is 0 Å². The molecular weight excluding hydrogens is 458 g/mol. The smallest absolute Gasteiger partial charge is 0.251 e. The third-order valence-corrected chi connectivity index (χ3v) is 7.91. The van der Waals surface area contributed by atoms with Crippen LogP contribution < -0.4 is 10.6 Å². The van der Waals surface area contributed by atoms with Gasteiger partial charge in [-0.15, -0.1) is 0 Å². The van der Waals surface area contributed by atoms with Crippen molar-refractivity contribution >= 4 is 11.8 Å². The lowest BCUT2D eigenvalue weighted by molar-refractivity contribution is -0.125. The first kappa shape index (κ1) is 25.2. The van der Waals surface area contributed by atoms with Gasteiger partial charge in [0.1, 0.15) is 5.41 Å². The van der Waals surface area contributed by atoms with Crippen molar-refractivity contribution in [2.75, 3.05) is 26.2 Å². The molecule has 0 saturated carbocycles. The molecule has 192 valence electrons. The van der Waals surface area contributed by atoms with E-state index in [1.54, 1.807) is 0 Å². The van der Waals surface area contributed by atoms with E-state index in [2.05, 4.69) is 71.0 Å². The van der Waals surface area contributed by atoms with Crippen molar-refractivity contribution in [3.05, 3.63) is 95.6 Å². The Balaban J connectivity index is 1.23. The molecule has 2 N–H and O–H groups in total. The van der Waals surface area contributed by atoms with Crippen molar-refractivity contribution in [3.63, 3.8) is 0 Å². The van der Waals surface area contributed by atoms with E-state index >= 15 is 0 Å². The van der Waals surface area contributed by atoms with Crippen LogP contribution in [0.5, 0.6) is 0 Å². The second-order valence-electron chi connectivity index (χ2n) is 10.3. The first-order valence-corrected chi connectivity index (χ1v) is 13.7. The summed E-state index contributed by atoms with van der Waals surface area (Å²) in [6, 6.07) is 26.4. The lowest BCUT2D eigenvalue weighted by Crippen LogP contribution is -2.44. The number of amides is 2. The highest BCUT2D eigenvalue weighted by atomic mass is 16.2. The van der Waals surface area contributed by atoms with Crippen molar-refractivity contribution in [3.8, 4) is 11.1 Å². The average molecular weight is 496 g/mol. The molecule has 2 amide bonds. The number of rotatable bonds is 10. The molecular formula is C32H37N3O2. The predicted octanol–water partition coefficient (Wildman–Crippen LogP) is 5.15. The molecule has 5 rings (SSSR count). The van der Waals surface area contributed by atoms with Gasteiger partial charge in [-0.2, -0.15) is 0 Å². The van der Waals surface area contributed by atoms with Gasteiger partial charge < -0.3 is 15.5 Å². The minimum atomic E-state index is -0.639. The van der Waals surface area contributed by atoms with E-state index in [0.29, 0.717) is 12.1 Å². The molecule has 0 bridgehead atoms. The number of carbonyl (C=O) groups excluding carboxylic acids is 2. The normalized spacial score (nSPS) is 17.7. The molecule has 1 aliphatic carbocycles. The number of hydrogen-bond donors (Lipinski definition) is 2. The number of nitrogens with one attached hydrogen (secondary N) is 2. The van der Waals surface area contributed by atoms with Crippen molar-refractivity contribution in [2.24, 2.45) is 0 Å². The van der Waals surface area contributed by atoms with E-state index < -0.39 is 5.41 Å². The van der Waals surface area contributed by atoms with Crippen LogP contribution in [0.1, 0.15) is 60.5 Å². The maximum atomic E-state index is 13.8. The number of unbranched alkanes of at least 4 members (excludes halogenated alkanes) is 1. The summed E-state index contributed by atoms with van der Waals surface area (Å²) in [7, 11) is 0. The lowest BCUT2D eigenvalue weighted by atomic mass is 9.73. The Hall–Kier alpha value is -3.44. The highest BCUT2D eigenvalue weighted by Gasteiger charge is 2.48. The number of hydrogen-bond acceptors (Lipinski definition) is 3. The van der Waals surface area contributed by atoms with Gasteiger partial charge in [0, 0.05) is 31.2 Å². The van der Waals surface area contributed by atoms with Gasteiger partial charge in [-0.05, 0) is 66.6 Å². The largest absolute Gasteiger partial charge is 0.355 e. The number of carbonyl (C=O) groups is 2. The molecule has 0 radical (unpaired) electrons.